The van der Waals surface area contributed by atoms with Gasteiger partial charge in [-0.05, 0) is 43.5 Å². The highest BCUT2D eigenvalue weighted by atomic mass is 16.6. The van der Waals surface area contributed by atoms with E-state index in [1.54, 1.807) is 0 Å². The first-order chi connectivity index (χ1) is 12.1. The molecule has 0 unspecified atom stereocenters. The van der Waals surface area contributed by atoms with Crippen LogP contribution in [-0.4, -0.2) is 25.3 Å². The number of nitrogens with one attached hydrogen (secondary N) is 1. The molecule has 0 saturated carbocycles. The second kappa shape index (κ2) is 8.87. The Morgan fingerprint density at radius 2 is 1.88 bits per heavy atom. The van der Waals surface area contributed by atoms with Gasteiger partial charge in [0.05, 0.1) is 0 Å². The fraction of sp³-hybridized carbons (Fsp3) is 0.300. The molecular formula is C20H24N2O3. The molecule has 0 saturated heterocycles. The number of amides is 1. The lowest BCUT2D eigenvalue weighted by Crippen LogP contribution is -2.32. The summed E-state index contributed by atoms with van der Waals surface area (Å²) in [6.45, 7) is 6.79. The van der Waals surface area contributed by atoms with Crippen LogP contribution in [-0.2, 0) is 16.2 Å². The molecule has 0 spiro atoms. The number of hydrogen-bond donors (Lipinski definition) is 1. The number of likely N-dealkylation sites (N-methyl/N-ethyl adjacent to an activating group) is 1. The molecule has 0 aliphatic rings. The Hall–Kier alpha value is -2.82. The summed E-state index contributed by atoms with van der Waals surface area (Å²) >= 11 is 0. The van der Waals surface area contributed by atoms with Gasteiger partial charge in [-0.3, -0.25) is 4.79 Å². The number of hydrogen-bond acceptors (Lipinski definition) is 4. The molecule has 0 bridgehead atoms. The maximum atomic E-state index is 12.3. The van der Waals surface area contributed by atoms with E-state index < -0.39 is 0 Å². The van der Waals surface area contributed by atoms with Gasteiger partial charge in [-0.2, -0.15) is 0 Å². The van der Waals surface area contributed by atoms with Gasteiger partial charge in [-0.15, -0.1) is 0 Å². The predicted octanol–water partition coefficient (Wildman–Crippen LogP) is 3.37. The zero-order valence-corrected chi connectivity index (χ0v) is 15.1. The summed E-state index contributed by atoms with van der Waals surface area (Å²) in [5, 5.41) is 6.67. The van der Waals surface area contributed by atoms with Crippen LogP contribution in [0.15, 0.2) is 47.6 Å². The molecule has 0 heterocycles. The first-order valence-corrected chi connectivity index (χ1v) is 8.25. The van der Waals surface area contributed by atoms with Crippen LogP contribution < -0.4 is 10.1 Å². The van der Waals surface area contributed by atoms with Crippen LogP contribution in [0.3, 0.4) is 0 Å². The molecule has 1 amide bonds. The Balaban J connectivity index is 2.29. The number of rotatable bonds is 7. The standard InChI is InChI=1S/C20H24N2O3/c1-5-21-20(23)19(22-24-4)17-11-7-6-10-16(17)13-25-18-12-8-9-14(2)15(18)3/h6-12H,5,13H2,1-4H3,(H,21,23). The van der Waals surface area contributed by atoms with Crippen molar-refractivity contribution in [3.05, 3.63) is 64.7 Å². The quantitative estimate of drug-likeness (QED) is 0.621. The second-order valence-corrected chi connectivity index (χ2v) is 5.63. The summed E-state index contributed by atoms with van der Waals surface area (Å²) in [5.41, 5.74) is 4.08. The number of nitrogens with zero attached hydrogens (tertiary/aromatic N) is 1. The van der Waals surface area contributed by atoms with E-state index in [-0.39, 0.29) is 11.6 Å². The van der Waals surface area contributed by atoms with E-state index in [0.29, 0.717) is 18.7 Å². The number of benzene rings is 2. The molecule has 5 heteroatoms. The Kier molecular flexibility index (Phi) is 6.57. The summed E-state index contributed by atoms with van der Waals surface area (Å²) in [6.07, 6.45) is 0. The zero-order chi connectivity index (χ0) is 18.2. The van der Waals surface area contributed by atoms with Gasteiger partial charge in [0.1, 0.15) is 19.5 Å². The highest BCUT2D eigenvalue weighted by Crippen LogP contribution is 2.22. The third-order valence-corrected chi connectivity index (χ3v) is 3.95. The Morgan fingerprint density at radius 1 is 1.12 bits per heavy atom. The lowest BCUT2D eigenvalue weighted by atomic mass is 10.0. The molecular weight excluding hydrogens is 316 g/mol. The number of carbonyl (C=O) groups is 1. The summed E-state index contributed by atoms with van der Waals surface area (Å²) in [4.78, 5) is 17.2. The fourth-order valence-corrected chi connectivity index (χ4v) is 2.46. The van der Waals surface area contributed by atoms with Gasteiger partial charge in [0.2, 0.25) is 0 Å². The monoisotopic (exact) mass is 340 g/mol. The van der Waals surface area contributed by atoms with Crippen molar-refractivity contribution in [2.75, 3.05) is 13.7 Å². The van der Waals surface area contributed by atoms with Crippen molar-refractivity contribution in [3.8, 4) is 5.75 Å². The van der Waals surface area contributed by atoms with Crippen molar-refractivity contribution in [3.63, 3.8) is 0 Å². The van der Waals surface area contributed by atoms with E-state index in [9.17, 15) is 4.79 Å². The largest absolute Gasteiger partial charge is 0.489 e. The van der Waals surface area contributed by atoms with E-state index in [1.165, 1.54) is 12.7 Å². The Labute approximate surface area is 148 Å². The van der Waals surface area contributed by atoms with Crippen LogP contribution in [0.2, 0.25) is 0 Å². The van der Waals surface area contributed by atoms with Crippen molar-refractivity contribution in [2.45, 2.75) is 27.4 Å². The van der Waals surface area contributed by atoms with Gasteiger partial charge in [-0.1, -0.05) is 41.6 Å². The Bertz CT molecular complexity index is 769. The molecule has 0 radical (unpaired) electrons. The van der Waals surface area contributed by atoms with Gasteiger partial charge in [0.25, 0.3) is 5.91 Å². The number of carbonyl (C=O) groups excluding carboxylic acids is 1. The molecule has 5 nitrogen and oxygen atoms in total. The average Bonchev–Trinajstić information content (AvgIpc) is 2.61. The summed E-state index contributed by atoms with van der Waals surface area (Å²) in [7, 11) is 1.43. The Morgan fingerprint density at radius 3 is 2.60 bits per heavy atom. The maximum absolute atomic E-state index is 12.3. The molecule has 2 aromatic rings. The van der Waals surface area contributed by atoms with E-state index in [1.807, 2.05) is 50.2 Å². The minimum Gasteiger partial charge on any atom is -0.489 e. The van der Waals surface area contributed by atoms with E-state index >= 15 is 0 Å². The number of oxime groups is 1. The first-order valence-electron chi connectivity index (χ1n) is 8.25. The second-order valence-electron chi connectivity index (χ2n) is 5.63. The molecule has 132 valence electrons. The molecule has 0 fully saturated rings. The topological polar surface area (TPSA) is 59.9 Å². The van der Waals surface area contributed by atoms with Gasteiger partial charge in [-0.25, -0.2) is 0 Å². The van der Waals surface area contributed by atoms with Crippen molar-refractivity contribution in [2.24, 2.45) is 5.16 Å². The molecule has 1 N–H and O–H groups in total. The fourth-order valence-electron chi connectivity index (χ4n) is 2.46. The first kappa shape index (κ1) is 18.5. The van der Waals surface area contributed by atoms with E-state index in [0.717, 1.165) is 16.9 Å². The van der Waals surface area contributed by atoms with Crippen LogP contribution in [0.5, 0.6) is 5.75 Å². The van der Waals surface area contributed by atoms with Crippen molar-refractivity contribution in [1.29, 1.82) is 0 Å². The highest BCUT2D eigenvalue weighted by Gasteiger charge is 2.18. The summed E-state index contributed by atoms with van der Waals surface area (Å²) in [6, 6.07) is 13.5. The predicted molar refractivity (Wildman–Crippen MR) is 98.9 cm³/mol. The molecule has 25 heavy (non-hydrogen) atoms. The third-order valence-electron chi connectivity index (χ3n) is 3.95. The van der Waals surface area contributed by atoms with Crippen LogP contribution in [0.4, 0.5) is 0 Å². The van der Waals surface area contributed by atoms with E-state index in [4.69, 9.17) is 9.57 Å². The summed E-state index contributed by atoms with van der Waals surface area (Å²) < 4.78 is 5.98. The van der Waals surface area contributed by atoms with Crippen molar-refractivity contribution >= 4 is 11.6 Å². The minimum absolute atomic E-state index is 0.240. The third kappa shape index (κ3) is 4.59. The SMILES string of the molecule is CCNC(=O)C(=NOC)c1ccccc1COc1cccc(C)c1C. The number of aryl methyl sites for hydroxylation is 1. The van der Waals surface area contributed by atoms with Gasteiger partial charge in [0, 0.05) is 12.1 Å². The lowest BCUT2D eigenvalue weighted by molar-refractivity contribution is -0.114. The molecule has 0 atom stereocenters. The van der Waals surface area contributed by atoms with Crippen LogP contribution in [0.25, 0.3) is 0 Å². The normalized spacial score (nSPS) is 11.1. The van der Waals surface area contributed by atoms with Crippen LogP contribution in [0, 0.1) is 13.8 Å². The summed E-state index contributed by atoms with van der Waals surface area (Å²) in [5.74, 6) is 0.557. The van der Waals surface area contributed by atoms with Crippen molar-refractivity contribution < 1.29 is 14.4 Å². The van der Waals surface area contributed by atoms with Crippen LogP contribution >= 0.6 is 0 Å². The van der Waals surface area contributed by atoms with Gasteiger partial charge < -0.3 is 14.9 Å². The molecule has 0 aromatic heterocycles. The number of ether oxygens (including phenoxy) is 1. The molecule has 2 aromatic carbocycles. The zero-order valence-electron chi connectivity index (χ0n) is 15.1. The molecule has 0 aliphatic carbocycles. The van der Waals surface area contributed by atoms with Crippen LogP contribution in [0.1, 0.15) is 29.2 Å². The van der Waals surface area contributed by atoms with E-state index in [2.05, 4.69) is 23.5 Å². The smallest absolute Gasteiger partial charge is 0.273 e. The highest BCUT2D eigenvalue weighted by molar-refractivity contribution is 6.45. The molecule has 2 rings (SSSR count). The maximum Gasteiger partial charge on any atom is 0.273 e. The minimum atomic E-state index is -0.275. The van der Waals surface area contributed by atoms with Crippen molar-refractivity contribution in [1.82, 2.24) is 5.32 Å². The lowest BCUT2D eigenvalue weighted by Gasteiger charge is -2.14. The molecule has 0 aliphatic heterocycles. The average molecular weight is 340 g/mol. The van der Waals surface area contributed by atoms with Gasteiger partial charge in [0.15, 0.2) is 5.71 Å². The van der Waals surface area contributed by atoms with Gasteiger partial charge >= 0.3 is 0 Å².